The second kappa shape index (κ2) is 4.63. The summed E-state index contributed by atoms with van der Waals surface area (Å²) in [6, 6.07) is 4.62. The van der Waals surface area contributed by atoms with E-state index >= 15 is 0 Å². The number of furan rings is 1. The van der Waals surface area contributed by atoms with Crippen LogP contribution in [0.5, 0.6) is 0 Å². The second-order valence-corrected chi connectivity index (χ2v) is 5.21. The summed E-state index contributed by atoms with van der Waals surface area (Å²) >= 11 is 1.53. The van der Waals surface area contributed by atoms with E-state index in [9.17, 15) is 9.00 Å². The third kappa shape index (κ3) is 2.40. The maximum Gasteiger partial charge on any atom is 0.371 e. The zero-order valence-corrected chi connectivity index (χ0v) is 9.72. The van der Waals surface area contributed by atoms with Gasteiger partial charge in [0.1, 0.15) is 0 Å². The minimum absolute atomic E-state index is 0.186. The number of carbonyl (C=O) groups is 1. The van der Waals surface area contributed by atoms with Crippen LogP contribution >= 0.6 is 11.3 Å². The van der Waals surface area contributed by atoms with Gasteiger partial charge in [-0.25, -0.2) is 4.79 Å². The van der Waals surface area contributed by atoms with Gasteiger partial charge in [0.15, 0.2) is 5.09 Å². The highest BCUT2D eigenvalue weighted by Crippen LogP contribution is 2.17. The average Bonchev–Trinajstić information content (AvgIpc) is 2.86. The van der Waals surface area contributed by atoms with E-state index in [0.29, 0.717) is 5.75 Å². The van der Waals surface area contributed by atoms with E-state index in [1.807, 2.05) is 16.8 Å². The fourth-order valence-electron chi connectivity index (χ4n) is 1.15. The molecular weight excluding hydrogens is 248 g/mol. The van der Waals surface area contributed by atoms with Crippen LogP contribution in [0.3, 0.4) is 0 Å². The lowest BCUT2D eigenvalue weighted by atomic mass is 10.4. The molecule has 0 aliphatic rings. The first kappa shape index (κ1) is 11.1. The smallest absolute Gasteiger partial charge is 0.371 e. The monoisotopic (exact) mass is 256 g/mol. The van der Waals surface area contributed by atoms with Gasteiger partial charge in [-0.1, -0.05) is 0 Å². The summed E-state index contributed by atoms with van der Waals surface area (Å²) in [5, 5.41) is 12.6. The van der Waals surface area contributed by atoms with Crippen LogP contribution < -0.4 is 0 Å². The summed E-state index contributed by atoms with van der Waals surface area (Å²) in [4.78, 5) is 10.6. The zero-order valence-electron chi connectivity index (χ0n) is 8.08. The Morgan fingerprint density at radius 2 is 2.25 bits per heavy atom. The van der Waals surface area contributed by atoms with Crippen molar-refractivity contribution >= 4 is 28.1 Å². The molecule has 16 heavy (non-hydrogen) atoms. The molecule has 1 atom stereocenters. The van der Waals surface area contributed by atoms with E-state index < -0.39 is 16.8 Å². The predicted molar refractivity (Wildman–Crippen MR) is 60.1 cm³/mol. The quantitative estimate of drug-likeness (QED) is 0.911. The Morgan fingerprint density at radius 3 is 2.81 bits per heavy atom. The first-order chi connectivity index (χ1) is 7.66. The fraction of sp³-hybridized carbons (Fsp3) is 0.100. The van der Waals surface area contributed by atoms with Crippen LogP contribution in [0.4, 0.5) is 0 Å². The fourth-order valence-corrected chi connectivity index (χ4v) is 2.96. The molecule has 6 heteroatoms. The second-order valence-electron chi connectivity index (χ2n) is 3.05. The van der Waals surface area contributed by atoms with E-state index in [1.54, 1.807) is 0 Å². The van der Waals surface area contributed by atoms with Gasteiger partial charge < -0.3 is 9.52 Å². The molecule has 2 aromatic heterocycles. The van der Waals surface area contributed by atoms with Crippen molar-refractivity contribution in [2.45, 2.75) is 10.8 Å². The molecule has 2 heterocycles. The standard InChI is InChI=1S/C10H8O4S2/c11-10(12)8-1-2-9(14-8)16(13)6-7-3-4-15-5-7/h1-5H,6H2,(H,11,12). The van der Waals surface area contributed by atoms with Gasteiger partial charge in [0.05, 0.1) is 16.6 Å². The highest BCUT2D eigenvalue weighted by atomic mass is 32.2. The minimum Gasteiger partial charge on any atom is -0.475 e. The van der Waals surface area contributed by atoms with Gasteiger partial charge in [0, 0.05) is 0 Å². The first-order valence-corrected chi connectivity index (χ1v) is 6.65. The van der Waals surface area contributed by atoms with Crippen LogP contribution in [-0.2, 0) is 16.6 Å². The Morgan fingerprint density at radius 1 is 1.44 bits per heavy atom. The zero-order chi connectivity index (χ0) is 11.5. The van der Waals surface area contributed by atoms with E-state index in [1.165, 1.54) is 23.5 Å². The van der Waals surface area contributed by atoms with Gasteiger partial charge in [0.2, 0.25) is 5.76 Å². The molecule has 0 spiro atoms. The van der Waals surface area contributed by atoms with Gasteiger partial charge in [-0.3, -0.25) is 4.21 Å². The Hall–Kier alpha value is -1.40. The number of hydrogen-bond acceptors (Lipinski definition) is 4. The van der Waals surface area contributed by atoms with Gasteiger partial charge in [0.25, 0.3) is 0 Å². The van der Waals surface area contributed by atoms with Gasteiger partial charge in [-0.2, -0.15) is 11.3 Å². The molecule has 0 aliphatic carbocycles. The molecule has 0 aliphatic heterocycles. The van der Waals surface area contributed by atoms with Crippen molar-refractivity contribution in [2.75, 3.05) is 0 Å². The Bertz CT molecular complexity index is 513. The summed E-state index contributed by atoms with van der Waals surface area (Å²) < 4.78 is 16.7. The third-order valence-electron chi connectivity index (χ3n) is 1.89. The number of hydrogen-bond donors (Lipinski definition) is 1. The molecule has 0 radical (unpaired) electrons. The van der Waals surface area contributed by atoms with Crippen LogP contribution in [0, 0.1) is 0 Å². The van der Waals surface area contributed by atoms with Crippen molar-refractivity contribution < 1.29 is 18.5 Å². The lowest BCUT2D eigenvalue weighted by Crippen LogP contribution is -1.95. The molecular formula is C10H8O4S2. The summed E-state index contributed by atoms with van der Waals surface area (Å²) in [5.74, 6) is -0.997. The van der Waals surface area contributed by atoms with E-state index in [-0.39, 0.29) is 10.9 Å². The summed E-state index contributed by atoms with van der Waals surface area (Å²) in [6.45, 7) is 0. The first-order valence-electron chi connectivity index (χ1n) is 4.39. The summed E-state index contributed by atoms with van der Waals surface area (Å²) in [6.07, 6.45) is 0. The normalized spacial score (nSPS) is 12.5. The van der Waals surface area contributed by atoms with Crippen molar-refractivity contribution in [3.05, 3.63) is 40.3 Å². The average molecular weight is 256 g/mol. The molecule has 0 amide bonds. The highest BCUT2D eigenvalue weighted by molar-refractivity contribution is 7.84. The number of carboxylic acid groups (broad SMARTS) is 1. The van der Waals surface area contributed by atoms with Crippen LogP contribution in [0.2, 0.25) is 0 Å². The third-order valence-corrected chi connectivity index (χ3v) is 3.89. The van der Waals surface area contributed by atoms with Crippen LogP contribution in [0.1, 0.15) is 16.1 Å². The topological polar surface area (TPSA) is 67.5 Å². The molecule has 2 rings (SSSR count). The van der Waals surface area contributed by atoms with Crippen molar-refractivity contribution in [1.29, 1.82) is 0 Å². The molecule has 0 fully saturated rings. The molecule has 0 bridgehead atoms. The maximum atomic E-state index is 11.8. The van der Waals surface area contributed by atoms with Gasteiger partial charge in [-0.15, -0.1) is 0 Å². The lowest BCUT2D eigenvalue weighted by Gasteiger charge is -1.95. The van der Waals surface area contributed by atoms with Crippen molar-refractivity contribution in [3.8, 4) is 0 Å². The number of aromatic carboxylic acids is 1. The number of carboxylic acids is 1. The maximum absolute atomic E-state index is 11.8. The molecule has 4 nitrogen and oxygen atoms in total. The lowest BCUT2D eigenvalue weighted by molar-refractivity contribution is 0.0656. The molecule has 0 saturated carbocycles. The molecule has 0 aromatic carbocycles. The number of thiophene rings is 1. The summed E-state index contributed by atoms with van der Waals surface area (Å²) in [7, 11) is -1.33. The van der Waals surface area contributed by atoms with E-state index in [2.05, 4.69) is 0 Å². The highest BCUT2D eigenvalue weighted by Gasteiger charge is 2.14. The van der Waals surface area contributed by atoms with E-state index in [4.69, 9.17) is 9.52 Å². The van der Waals surface area contributed by atoms with Gasteiger partial charge >= 0.3 is 5.97 Å². The van der Waals surface area contributed by atoms with Crippen LogP contribution in [0.15, 0.2) is 38.5 Å². The molecule has 0 saturated heterocycles. The van der Waals surface area contributed by atoms with E-state index in [0.717, 1.165) is 5.56 Å². The van der Waals surface area contributed by atoms with Crippen molar-refractivity contribution in [3.63, 3.8) is 0 Å². The SMILES string of the molecule is O=C(O)c1ccc(S(=O)Cc2ccsc2)o1. The van der Waals surface area contributed by atoms with Gasteiger partial charge in [-0.05, 0) is 34.5 Å². The Kier molecular flexibility index (Phi) is 3.21. The largest absolute Gasteiger partial charge is 0.475 e. The summed E-state index contributed by atoms with van der Waals surface area (Å²) in [5.41, 5.74) is 0.955. The Balaban J connectivity index is 2.12. The molecule has 2 aromatic rings. The molecule has 1 unspecified atom stereocenters. The molecule has 84 valence electrons. The predicted octanol–water partition coefficient (Wildman–Crippen LogP) is 2.35. The molecule has 1 N–H and O–H groups in total. The minimum atomic E-state index is -1.33. The van der Waals surface area contributed by atoms with Crippen LogP contribution in [0.25, 0.3) is 0 Å². The number of rotatable bonds is 4. The van der Waals surface area contributed by atoms with Crippen molar-refractivity contribution in [2.24, 2.45) is 0 Å². The van der Waals surface area contributed by atoms with Crippen LogP contribution in [-0.4, -0.2) is 15.3 Å². The van der Waals surface area contributed by atoms with Crippen molar-refractivity contribution in [1.82, 2.24) is 0 Å². The Labute approximate surface area is 98.0 Å².